The first-order valence-electron chi connectivity index (χ1n) is 5.50. The standard InChI is InChI=1S/C11H21NO3/c1-11(4-3-5-11)9-12-10(13)8-15-7-6-14-2/h3-9H2,1-2H3,(H,12,13). The lowest BCUT2D eigenvalue weighted by Gasteiger charge is -2.38. The zero-order valence-electron chi connectivity index (χ0n) is 9.67. The van der Waals surface area contributed by atoms with Gasteiger partial charge in [0.1, 0.15) is 6.61 Å². The van der Waals surface area contributed by atoms with Gasteiger partial charge >= 0.3 is 0 Å². The van der Waals surface area contributed by atoms with Gasteiger partial charge in [-0.3, -0.25) is 4.79 Å². The van der Waals surface area contributed by atoms with Crippen molar-refractivity contribution in [3.63, 3.8) is 0 Å². The van der Waals surface area contributed by atoms with Crippen LogP contribution in [0.5, 0.6) is 0 Å². The molecule has 1 fully saturated rings. The molecular weight excluding hydrogens is 194 g/mol. The molecule has 4 nitrogen and oxygen atoms in total. The summed E-state index contributed by atoms with van der Waals surface area (Å²) in [5.74, 6) is -0.0285. The second-order valence-electron chi connectivity index (χ2n) is 4.49. The fraction of sp³-hybridized carbons (Fsp3) is 0.909. The van der Waals surface area contributed by atoms with E-state index in [0.717, 1.165) is 6.54 Å². The minimum Gasteiger partial charge on any atom is -0.382 e. The fourth-order valence-electron chi connectivity index (χ4n) is 1.63. The summed E-state index contributed by atoms with van der Waals surface area (Å²) in [7, 11) is 1.61. The van der Waals surface area contributed by atoms with E-state index in [0.29, 0.717) is 18.6 Å². The summed E-state index contributed by atoms with van der Waals surface area (Å²) in [5, 5.41) is 2.90. The minimum atomic E-state index is -0.0285. The molecule has 0 saturated heterocycles. The fourth-order valence-corrected chi connectivity index (χ4v) is 1.63. The van der Waals surface area contributed by atoms with Gasteiger partial charge < -0.3 is 14.8 Å². The predicted octanol–water partition coefficient (Wildman–Crippen LogP) is 0.956. The summed E-state index contributed by atoms with van der Waals surface area (Å²) >= 11 is 0. The Morgan fingerprint density at radius 3 is 2.67 bits per heavy atom. The van der Waals surface area contributed by atoms with E-state index in [1.54, 1.807) is 7.11 Å². The molecule has 0 aromatic rings. The van der Waals surface area contributed by atoms with E-state index in [1.165, 1.54) is 19.3 Å². The van der Waals surface area contributed by atoms with Crippen molar-refractivity contribution in [3.8, 4) is 0 Å². The van der Waals surface area contributed by atoms with E-state index in [4.69, 9.17) is 9.47 Å². The number of nitrogens with one attached hydrogen (secondary N) is 1. The van der Waals surface area contributed by atoms with Gasteiger partial charge in [-0.25, -0.2) is 0 Å². The molecule has 1 rings (SSSR count). The van der Waals surface area contributed by atoms with Crippen LogP contribution in [-0.4, -0.2) is 39.4 Å². The Balaban J connectivity index is 1.98. The first-order chi connectivity index (χ1) is 7.16. The third-order valence-corrected chi connectivity index (χ3v) is 2.94. The van der Waals surface area contributed by atoms with Crippen molar-refractivity contribution < 1.29 is 14.3 Å². The Kier molecular flexibility index (Phi) is 5.05. The van der Waals surface area contributed by atoms with E-state index < -0.39 is 0 Å². The van der Waals surface area contributed by atoms with Crippen LogP contribution in [0.3, 0.4) is 0 Å². The summed E-state index contributed by atoms with van der Waals surface area (Å²) in [6, 6.07) is 0. The van der Waals surface area contributed by atoms with Crippen LogP contribution in [0.1, 0.15) is 26.2 Å². The highest BCUT2D eigenvalue weighted by atomic mass is 16.5. The van der Waals surface area contributed by atoms with Gasteiger partial charge in [-0.1, -0.05) is 13.3 Å². The summed E-state index contributed by atoms with van der Waals surface area (Å²) in [4.78, 5) is 11.3. The van der Waals surface area contributed by atoms with Crippen molar-refractivity contribution >= 4 is 5.91 Å². The molecule has 0 radical (unpaired) electrons. The summed E-state index contributed by atoms with van der Waals surface area (Å²) < 4.78 is 9.92. The number of hydrogen-bond donors (Lipinski definition) is 1. The van der Waals surface area contributed by atoms with Crippen molar-refractivity contribution in [3.05, 3.63) is 0 Å². The van der Waals surface area contributed by atoms with Crippen LogP contribution in [0, 0.1) is 5.41 Å². The molecule has 0 atom stereocenters. The van der Waals surface area contributed by atoms with Crippen molar-refractivity contribution in [1.29, 1.82) is 0 Å². The lowest BCUT2D eigenvalue weighted by atomic mass is 9.70. The monoisotopic (exact) mass is 215 g/mol. The highest BCUT2D eigenvalue weighted by molar-refractivity contribution is 5.77. The molecule has 0 heterocycles. The molecular formula is C11H21NO3. The van der Waals surface area contributed by atoms with Crippen LogP contribution >= 0.6 is 0 Å². The van der Waals surface area contributed by atoms with Crippen LogP contribution in [0.25, 0.3) is 0 Å². The number of ether oxygens (including phenoxy) is 2. The minimum absolute atomic E-state index is 0.0285. The van der Waals surface area contributed by atoms with Gasteiger partial charge in [0.25, 0.3) is 0 Å². The quantitative estimate of drug-likeness (QED) is 0.643. The highest BCUT2D eigenvalue weighted by Gasteiger charge is 2.31. The Morgan fingerprint density at radius 2 is 2.13 bits per heavy atom. The van der Waals surface area contributed by atoms with Crippen molar-refractivity contribution in [2.45, 2.75) is 26.2 Å². The lowest BCUT2D eigenvalue weighted by molar-refractivity contribution is -0.126. The van der Waals surface area contributed by atoms with Gasteiger partial charge in [0.15, 0.2) is 0 Å². The maximum absolute atomic E-state index is 11.3. The second-order valence-corrected chi connectivity index (χ2v) is 4.49. The Labute approximate surface area is 91.3 Å². The largest absolute Gasteiger partial charge is 0.382 e. The van der Waals surface area contributed by atoms with Crippen LogP contribution in [0.4, 0.5) is 0 Å². The number of carbonyl (C=O) groups excluding carboxylic acids is 1. The molecule has 0 spiro atoms. The average Bonchev–Trinajstić information content (AvgIpc) is 2.19. The smallest absolute Gasteiger partial charge is 0.246 e. The molecule has 1 aliphatic carbocycles. The van der Waals surface area contributed by atoms with Gasteiger partial charge in [0.05, 0.1) is 13.2 Å². The van der Waals surface area contributed by atoms with Gasteiger partial charge in [-0.05, 0) is 18.3 Å². The van der Waals surface area contributed by atoms with E-state index in [9.17, 15) is 4.79 Å². The molecule has 1 aliphatic rings. The van der Waals surface area contributed by atoms with Crippen LogP contribution < -0.4 is 5.32 Å². The lowest BCUT2D eigenvalue weighted by Crippen LogP contribution is -2.41. The van der Waals surface area contributed by atoms with E-state index in [-0.39, 0.29) is 12.5 Å². The number of carbonyl (C=O) groups is 1. The number of hydrogen-bond acceptors (Lipinski definition) is 3. The molecule has 4 heteroatoms. The van der Waals surface area contributed by atoms with Crippen molar-refractivity contribution in [2.75, 3.05) is 33.5 Å². The topological polar surface area (TPSA) is 47.6 Å². The molecule has 1 N–H and O–H groups in total. The second kappa shape index (κ2) is 6.08. The molecule has 88 valence electrons. The van der Waals surface area contributed by atoms with Gasteiger partial charge in [-0.15, -0.1) is 0 Å². The highest BCUT2D eigenvalue weighted by Crippen LogP contribution is 2.39. The SMILES string of the molecule is COCCOCC(=O)NCC1(C)CCC1. The summed E-state index contributed by atoms with van der Waals surface area (Å²) in [6.45, 7) is 4.13. The van der Waals surface area contributed by atoms with Gasteiger partial charge in [-0.2, -0.15) is 0 Å². The average molecular weight is 215 g/mol. The van der Waals surface area contributed by atoms with Crippen molar-refractivity contribution in [2.24, 2.45) is 5.41 Å². The zero-order chi connectivity index (χ0) is 11.1. The van der Waals surface area contributed by atoms with E-state index >= 15 is 0 Å². The molecule has 1 amide bonds. The van der Waals surface area contributed by atoms with Gasteiger partial charge in [0, 0.05) is 13.7 Å². The third-order valence-electron chi connectivity index (χ3n) is 2.94. The Morgan fingerprint density at radius 1 is 1.40 bits per heavy atom. The number of rotatable bonds is 7. The Hall–Kier alpha value is -0.610. The number of amides is 1. The van der Waals surface area contributed by atoms with E-state index in [2.05, 4.69) is 12.2 Å². The molecule has 0 aromatic carbocycles. The molecule has 0 aliphatic heterocycles. The predicted molar refractivity (Wildman–Crippen MR) is 57.7 cm³/mol. The molecule has 0 aromatic heterocycles. The van der Waals surface area contributed by atoms with Crippen molar-refractivity contribution in [1.82, 2.24) is 5.32 Å². The first kappa shape index (κ1) is 12.5. The number of methoxy groups -OCH3 is 1. The normalized spacial score (nSPS) is 18.3. The summed E-state index contributed by atoms with van der Waals surface area (Å²) in [6.07, 6.45) is 3.73. The first-order valence-corrected chi connectivity index (χ1v) is 5.50. The molecule has 1 saturated carbocycles. The summed E-state index contributed by atoms with van der Waals surface area (Å²) in [5.41, 5.74) is 0.336. The Bertz CT molecular complexity index is 202. The molecule has 15 heavy (non-hydrogen) atoms. The molecule has 0 bridgehead atoms. The van der Waals surface area contributed by atoms with Crippen LogP contribution in [0.2, 0.25) is 0 Å². The third kappa shape index (κ3) is 4.62. The van der Waals surface area contributed by atoms with E-state index in [1.807, 2.05) is 0 Å². The van der Waals surface area contributed by atoms with Gasteiger partial charge in [0.2, 0.25) is 5.91 Å². The van der Waals surface area contributed by atoms with Crippen LogP contribution in [-0.2, 0) is 14.3 Å². The zero-order valence-corrected chi connectivity index (χ0v) is 9.67. The molecule has 0 unspecified atom stereocenters. The van der Waals surface area contributed by atoms with Crippen LogP contribution in [0.15, 0.2) is 0 Å². The maximum atomic E-state index is 11.3. The maximum Gasteiger partial charge on any atom is 0.246 e.